The third-order valence-corrected chi connectivity index (χ3v) is 3.66. The van der Waals surface area contributed by atoms with E-state index in [9.17, 15) is 4.79 Å². The molecule has 0 saturated heterocycles. The highest BCUT2D eigenvalue weighted by molar-refractivity contribution is 6.02. The predicted octanol–water partition coefficient (Wildman–Crippen LogP) is 3.13. The Morgan fingerprint density at radius 2 is 1.84 bits per heavy atom. The quantitative estimate of drug-likeness (QED) is 0.847. The maximum atomic E-state index is 12.2. The largest absolute Gasteiger partial charge is 0.497 e. The average Bonchev–Trinajstić information content (AvgIpc) is 2.66. The molecule has 0 radical (unpaired) electrons. The van der Waals surface area contributed by atoms with Gasteiger partial charge in [-0.25, -0.2) is 0 Å². The van der Waals surface area contributed by atoms with Gasteiger partial charge in [-0.15, -0.1) is 0 Å². The van der Waals surface area contributed by atoms with Crippen molar-refractivity contribution >= 4 is 17.7 Å². The summed E-state index contributed by atoms with van der Waals surface area (Å²) in [4.78, 5) is 12.2. The number of anilines is 1. The summed E-state index contributed by atoms with van der Waals surface area (Å²) in [7, 11) is 3.16. The number of ether oxygens (including phenoxy) is 4. The van der Waals surface area contributed by atoms with E-state index in [0.717, 1.165) is 5.56 Å². The van der Waals surface area contributed by atoms with Crippen LogP contribution in [0.3, 0.4) is 0 Å². The molecule has 0 atom stereocenters. The predicted molar refractivity (Wildman–Crippen MR) is 94.6 cm³/mol. The summed E-state index contributed by atoms with van der Waals surface area (Å²) in [5, 5.41) is 2.80. The van der Waals surface area contributed by atoms with Gasteiger partial charge in [-0.3, -0.25) is 4.79 Å². The Morgan fingerprint density at radius 3 is 2.60 bits per heavy atom. The highest BCUT2D eigenvalue weighted by Crippen LogP contribution is 2.32. The molecule has 25 heavy (non-hydrogen) atoms. The van der Waals surface area contributed by atoms with Crippen LogP contribution >= 0.6 is 0 Å². The van der Waals surface area contributed by atoms with Crippen LogP contribution in [-0.2, 0) is 4.79 Å². The third kappa shape index (κ3) is 4.03. The average molecular weight is 341 g/mol. The van der Waals surface area contributed by atoms with E-state index in [-0.39, 0.29) is 5.91 Å². The number of rotatable bonds is 5. The molecule has 130 valence electrons. The van der Waals surface area contributed by atoms with Gasteiger partial charge in [0.25, 0.3) is 0 Å². The monoisotopic (exact) mass is 341 g/mol. The molecular formula is C19H19NO5. The maximum absolute atomic E-state index is 12.2. The van der Waals surface area contributed by atoms with Crippen LogP contribution in [0.4, 0.5) is 5.69 Å². The second kappa shape index (κ2) is 7.61. The van der Waals surface area contributed by atoms with Gasteiger partial charge in [0.05, 0.1) is 14.2 Å². The normalized spacial score (nSPS) is 12.7. The summed E-state index contributed by atoms with van der Waals surface area (Å²) >= 11 is 0. The number of carbonyl (C=O) groups excluding carboxylic acids is 1. The number of benzene rings is 2. The lowest BCUT2D eigenvalue weighted by Crippen LogP contribution is -2.16. The molecule has 0 fully saturated rings. The molecule has 0 aromatic heterocycles. The summed E-state index contributed by atoms with van der Waals surface area (Å²) in [6.07, 6.45) is 3.11. The van der Waals surface area contributed by atoms with Gasteiger partial charge in [-0.2, -0.15) is 0 Å². The van der Waals surface area contributed by atoms with Gasteiger partial charge in [0, 0.05) is 23.4 Å². The minimum Gasteiger partial charge on any atom is -0.497 e. The zero-order valence-electron chi connectivity index (χ0n) is 14.1. The van der Waals surface area contributed by atoms with Crippen molar-refractivity contribution in [3.8, 4) is 23.0 Å². The summed E-state index contributed by atoms with van der Waals surface area (Å²) in [5.41, 5.74) is 1.38. The van der Waals surface area contributed by atoms with Crippen LogP contribution in [0.5, 0.6) is 23.0 Å². The molecule has 0 spiro atoms. The Kier molecular flexibility index (Phi) is 5.09. The number of carbonyl (C=O) groups is 1. The first-order chi connectivity index (χ1) is 12.2. The number of nitrogens with one attached hydrogen (secondary N) is 1. The fourth-order valence-electron chi connectivity index (χ4n) is 2.44. The molecule has 0 unspecified atom stereocenters. The van der Waals surface area contributed by atoms with E-state index in [2.05, 4.69) is 5.32 Å². The Morgan fingerprint density at radius 1 is 1.04 bits per heavy atom. The Hall–Kier alpha value is -3.15. The van der Waals surface area contributed by atoms with Crippen LogP contribution < -0.4 is 24.3 Å². The van der Waals surface area contributed by atoms with E-state index >= 15 is 0 Å². The van der Waals surface area contributed by atoms with Gasteiger partial charge in [0.2, 0.25) is 5.91 Å². The number of methoxy groups -OCH3 is 2. The zero-order valence-corrected chi connectivity index (χ0v) is 14.1. The van der Waals surface area contributed by atoms with Crippen molar-refractivity contribution < 1.29 is 23.7 Å². The molecule has 0 aliphatic carbocycles. The summed E-state index contributed by atoms with van der Waals surface area (Å²) < 4.78 is 21.4. The molecule has 3 rings (SSSR count). The van der Waals surface area contributed by atoms with Gasteiger partial charge in [0.1, 0.15) is 24.7 Å². The topological polar surface area (TPSA) is 66.0 Å². The Balaban J connectivity index is 1.71. The fraction of sp³-hybridized carbons (Fsp3) is 0.211. The minimum atomic E-state index is -0.262. The Bertz CT molecular complexity index is 800. The molecular weight excluding hydrogens is 322 g/mol. The summed E-state index contributed by atoms with van der Waals surface area (Å²) in [5.74, 6) is 2.39. The molecule has 1 aliphatic rings. The lowest BCUT2D eigenvalue weighted by Gasteiger charge is -2.18. The van der Waals surface area contributed by atoms with E-state index in [1.807, 2.05) is 0 Å². The lowest BCUT2D eigenvalue weighted by atomic mass is 10.1. The molecule has 0 bridgehead atoms. The van der Waals surface area contributed by atoms with E-state index in [4.69, 9.17) is 18.9 Å². The van der Waals surface area contributed by atoms with Gasteiger partial charge >= 0.3 is 0 Å². The van der Waals surface area contributed by atoms with Crippen molar-refractivity contribution in [2.75, 3.05) is 32.8 Å². The van der Waals surface area contributed by atoms with Crippen molar-refractivity contribution in [2.24, 2.45) is 0 Å². The molecule has 2 aromatic rings. The van der Waals surface area contributed by atoms with Crippen molar-refractivity contribution in [1.29, 1.82) is 0 Å². The second-order valence-corrected chi connectivity index (χ2v) is 5.29. The lowest BCUT2D eigenvalue weighted by molar-refractivity contribution is -0.111. The van der Waals surface area contributed by atoms with Gasteiger partial charge in [-0.05, 0) is 36.4 Å². The molecule has 2 aromatic carbocycles. The van der Waals surface area contributed by atoms with Crippen molar-refractivity contribution in [1.82, 2.24) is 0 Å². The smallest absolute Gasteiger partial charge is 0.248 e. The van der Waals surface area contributed by atoms with Crippen molar-refractivity contribution in [2.45, 2.75) is 0 Å². The highest BCUT2D eigenvalue weighted by atomic mass is 16.6. The van der Waals surface area contributed by atoms with Gasteiger partial charge in [-0.1, -0.05) is 0 Å². The van der Waals surface area contributed by atoms with Crippen LogP contribution in [0.2, 0.25) is 0 Å². The second-order valence-electron chi connectivity index (χ2n) is 5.29. The van der Waals surface area contributed by atoms with Crippen LogP contribution in [0, 0.1) is 0 Å². The van der Waals surface area contributed by atoms with Gasteiger partial charge < -0.3 is 24.3 Å². The minimum absolute atomic E-state index is 0.262. The molecule has 1 aliphatic heterocycles. The molecule has 1 N–H and O–H groups in total. The van der Waals surface area contributed by atoms with Crippen molar-refractivity contribution in [3.05, 3.63) is 48.0 Å². The van der Waals surface area contributed by atoms with Gasteiger partial charge in [0.15, 0.2) is 11.5 Å². The fourth-order valence-corrected chi connectivity index (χ4v) is 2.44. The van der Waals surface area contributed by atoms with Crippen LogP contribution in [-0.4, -0.2) is 33.3 Å². The van der Waals surface area contributed by atoms with E-state index in [1.54, 1.807) is 56.7 Å². The number of amides is 1. The van der Waals surface area contributed by atoms with E-state index in [1.165, 1.54) is 6.08 Å². The van der Waals surface area contributed by atoms with Crippen molar-refractivity contribution in [3.63, 3.8) is 0 Å². The molecule has 6 nitrogen and oxygen atoms in total. The summed E-state index contributed by atoms with van der Waals surface area (Å²) in [6, 6.07) is 10.7. The molecule has 0 saturated carbocycles. The third-order valence-electron chi connectivity index (χ3n) is 3.66. The number of hydrogen-bond donors (Lipinski definition) is 1. The van der Waals surface area contributed by atoms with E-state index < -0.39 is 0 Å². The SMILES string of the molecule is COc1ccc(OC)c(C=CC(=O)Nc2ccc3c(c2)OCCO3)c1. The Labute approximate surface area is 146 Å². The zero-order chi connectivity index (χ0) is 17.6. The number of hydrogen-bond acceptors (Lipinski definition) is 5. The first kappa shape index (κ1) is 16.7. The standard InChI is InChI=1S/C19H19NO5/c1-22-15-5-7-16(23-2)13(11-15)3-8-19(21)20-14-4-6-17-18(12-14)25-10-9-24-17/h3-8,11-12H,9-10H2,1-2H3,(H,20,21). The van der Waals surface area contributed by atoms with E-state index in [0.29, 0.717) is 41.9 Å². The molecule has 1 amide bonds. The molecule has 1 heterocycles. The first-order valence-corrected chi connectivity index (χ1v) is 7.80. The van der Waals surface area contributed by atoms with Crippen LogP contribution in [0.25, 0.3) is 6.08 Å². The maximum Gasteiger partial charge on any atom is 0.248 e. The highest BCUT2D eigenvalue weighted by Gasteiger charge is 2.12. The van der Waals surface area contributed by atoms with Crippen LogP contribution in [0.1, 0.15) is 5.56 Å². The first-order valence-electron chi connectivity index (χ1n) is 7.80. The molecule has 6 heteroatoms. The summed E-state index contributed by atoms with van der Waals surface area (Å²) in [6.45, 7) is 1.03. The van der Waals surface area contributed by atoms with Crippen LogP contribution in [0.15, 0.2) is 42.5 Å². The number of fused-ring (bicyclic) bond motifs is 1.